The summed E-state index contributed by atoms with van der Waals surface area (Å²) in [4.78, 5) is 8.26. The fourth-order valence-electron chi connectivity index (χ4n) is 1.42. The van der Waals surface area contributed by atoms with E-state index in [0.717, 1.165) is 10.2 Å². The molecule has 0 saturated carbocycles. The average molecular weight is 310 g/mol. The third kappa shape index (κ3) is 2.89. The number of hydrogen-bond acceptors (Lipinski definition) is 5. The van der Waals surface area contributed by atoms with Gasteiger partial charge in [-0.25, -0.2) is 9.97 Å². The molecule has 1 aromatic carbocycles. The summed E-state index contributed by atoms with van der Waals surface area (Å²) in [6.45, 7) is 0. The topological polar surface area (TPSA) is 56.3 Å². The van der Waals surface area contributed by atoms with Crippen LogP contribution in [-0.2, 0) is 0 Å². The standard InChI is InChI=1S/C12H12BrN3O2/c1-17-10-4-3-9(5-11(10)18-2)16-12-14-6-8(13)7-15-12/h3-7H,1-2H3,(H,14,15,16). The number of nitrogens with zero attached hydrogens (tertiary/aromatic N) is 2. The Balaban J connectivity index is 2.21. The van der Waals surface area contributed by atoms with Crippen molar-refractivity contribution >= 4 is 27.6 Å². The summed E-state index contributed by atoms with van der Waals surface area (Å²) in [6.07, 6.45) is 3.35. The average Bonchev–Trinajstić information content (AvgIpc) is 2.41. The molecule has 0 aliphatic heterocycles. The summed E-state index contributed by atoms with van der Waals surface area (Å²) in [5, 5.41) is 3.08. The number of hydrogen-bond donors (Lipinski definition) is 1. The van der Waals surface area contributed by atoms with Crippen molar-refractivity contribution < 1.29 is 9.47 Å². The van der Waals surface area contributed by atoms with Crippen molar-refractivity contribution in [2.24, 2.45) is 0 Å². The molecular formula is C12H12BrN3O2. The maximum absolute atomic E-state index is 5.22. The Kier molecular flexibility index (Phi) is 3.99. The fourth-order valence-corrected chi connectivity index (χ4v) is 1.62. The molecule has 0 saturated heterocycles. The van der Waals surface area contributed by atoms with Gasteiger partial charge < -0.3 is 14.8 Å². The molecule has 0 radical (unpaired) electrons. The van der Waals surface area contributed by atoms with Gasteiger partial charge in [0.2, 0.25) is 5.95 Å². The van der Waals surface area contributed by atoms with E-state index in [4.69, 9.17) is 9.47 Å². The highest BCUT2D eigenvalue weighted by Crippen LogP contribution is 2.30. The maximum atomic E-state index is 5.22. The molecule has 0 unspecified atom stereocenters. The molecule has 0 atom stereocenters. The van der Waals surface area contributed by atoms with Crippen LogP contribution in [0.15, 0.2) is 35.1 Å². The molecule has 0 bridgehead atoms. The predicted molar refractivity (Wildman–Crippen MR) is 72.6 cm³/mol. The quantitative estimate of drug-likeness (QED) is 0.941. The van der Waals surface area contributed by atoms with Gasteiger partial charge in [-0.3, -0.25) is 0 Å². The number of nitrogens with one attached hydrogen (secondary N) is 1. The van der Waals surface area contributed by atoms with Crippen LogP contribution in [0.1, 0.15) is 0 Å². The molecular weight excluding hydrogens is 298 g/mol. The van der Waals surface area contributed by atoms with Gasteiger partial charge in [-0.05, 0) is 28.1 Å². The van der Waals surface area contributed by atoms with E-state index in [1.165, 1.54) is 0 Å². The van der Waals surface area contributed by atoms with E-state index in [1.807, 2.05) is 18.2 Å². The number of ether oxygens (including phenoxy) is 2. The van der Waals surface area contributed by atoms with Crippen LogP contribution >= 0.6 is 15.9 Å². The van der Waals surface area contributed by atoms with Crippen molar-refractivity contribution in [3.63, 3.8) is 0 Å². The summed E-state index contributed by atoms with van der Waals surface area (Å²) in [7, 11) is 3.19. The maximum Gasteiger partial charge on any atom is 0.227 e. The van der Waals surface area contributed by atoms with Crippen molar-refractivity contribution in [3.8, 4) is 11.5 Å². The van der Waals surface area contributed by atoms with Crippen LogP contribution in [-0.4, -0.2) is 24.2 Å². The molecule has 5 nitrogen and oxygen atoms in total. The van der Waals surface area contributed by atoms with Gasteiger partial charge >= 0.3 is 0 Å². The summed E-state index contributed by atoms with van der Waals surface area (Å²) in [5.41, 5.74) is 0.829. The van der Waals surface area contributed by atoms with Crippen molar-refractivity contribution in [1.82, 2.24) is 9.97 Å². The van der Waals surface area contributed by atoms with Gasteiger partial charge in [0.1, 0.15) is 0 Å². The largest absolute Gasteiger partial charge is 0.493 e. The molecule has 1 heterocycles. The van der Waals surface area contributed by atoms with Crippen molar-refractivity contribution in [2.75, 3.05) is 19.5 Å². The first kappa shape index (κ1) is 12.6. The van der Waals surface area contributed by atoms with E-state index in [0.29, 0.717) is 17.4 Å². The second kappa shape index (κ2) is 5.68. The van der Waals surface area contributed by atoms with Crippen LogP contribution < -0.4 is 14.8 Å². The minimum atomic E-state index is 0.519. The Hall–Kier alpha value is -1.82. The van der Waals surface area contributed by atoms with Gasteiger partial charge in [0, 0.05) is 24.1 Å². The van der Waals surface area contributed by atoms with Crippen LogP contribution in [0, 0.1) is 0 Å². The molecule has 1 aromatic heterocycles. The summed E-state index contributed by atoms with van der Waals surface area (Å²) >= 11 is 3.28. The van der Waals surface area contributed by atoms with Crippen LogP contribution in [0.4, 0.5) is 11.6 Å². The predicted octanol–water partition coefficient (Wildman–Crippen LogP) is 3.00. The van der Waals surface area contributed by atoms with Crippen molar-refractivity contribution in [1.29, 1.82) is 0 Å². The highest BCUT2D eigenvalue weighted by Gasteiger charge is 2.05. The molecule has 94 valence electrons. The summed E-state index contributed by atoms with van der Waals surface area (Å²) in [6, 6.07) is 5.51. The molecule has 0 aliphatic rings. The number of methoxy groups -OCH3 is 2. The highest BCUT2D eigenvalue weighted by atomic mass is 79.9. The van der Waals surface area contributed by atoms with E-state index in [-0.39, 0.29) is 0 Å². The molecule has 2 aromatic rings. The van der Waals surface area contributed by atoms with Gasteiger partial charge in [0.05, 0.1) is 18.7 Å². The number of anilines is 2. The SMILES string of the molecule is COc1ccc(Nc2ncc(Br)cn2)cc1OC. The molecule has 0 spiro atoms. The minimum Gasteiger partial charge on any atom is -0.493 e. The molecule has 6 heteroatoms. The lowest BCUT2D eigenvalue weighted by atomic mass is 10.3. The molecule has 1 N–H and O–H groups in total. The van der Waals surface area contributed by atoms with E-state index < -0.39 is 0 Å². The first-order chi connectivity index (χ1) is 8.72. The first-order valence-corrected chi connectivity index (χ1v) is 5.99. The third-order valence-electron chi connectivity index (χ3n) is 2.26. The Morgan fingerprint density at radius 2 is 1.72 bits per heavy atom. The smallest absolute Gasteiger partial charge is 0.227 e. The molecule has 0 aliphatic carbocycles. The van der Waals surface area contributed by atoms with Crippen LogP contribution in [0.3, 0.4) is 0 Å². The zero-order valence-corrected chi connectivity index (χ0v) is 11.6. The zero-order chi connectivity index (χ0) is 13.0. The summed E-state index contributed by atoms with van der Waals surface area (Å²) < 4.78 is 11.2. The lowest BCUT2D eigenvalue weighted by Gasteiger charge is -2.10. The number of rotatable bonds is 4. The monoisotopic (exact) mass is 309 g/mol. The van der Waals surface area contributed by atoms with Gasteiger partial charge in [-0.2, -0.15) is 0 Å². The molecule has 0 fully saturated rings. The lowest BCUT2D eigenvalue weighted by molar-refractivity contribution is 0.355. The normalized spacial score (nSPS) is 9.94. The van der Waals surface area contributed by atoms with Crippen LogP contribution in [0.2, 0.25) is 0 Å². The molecule has 0 amide bonds. The summed E-state index contributed by atoms with van der Waals surface area (Å²) in [5.74, 6) is 1.85. The van der Waals surface area contributed by atoms with Crippen molar-refractivity contribution in [3.05, 3.63) is 35.1 Å². The van der Waals surface area contributed by atoms with Gasteiger partial charge in [0.25, 0.3) is 0 Å². The second-order valence-electron chi connectivity index (χ2n) is 3.42. The van der Waals surface area contributed by atoms with E-state index in [2.05, 4.69) is 31.2 Å². The zero-order valence-electron chi connectivity index (χ0n) is 9.98. The van der Waals surface area contributed by atoms with Crippen LogP contribution in [0.25, 0.3) is 0 Å². The Morgan fingerprint density at radius 1 is 1.06 bits per heavy atom. The van der Waals surface area contributed by atoms with E-state index >= 15 is 0 Å². The van der Waals surface area contributed by atoms with Gasteiger partial charge in [-0.15, -0.1) is 0 Å². The Labute approximate surface area is 113 Å². The lowest BCUT2D eigenvalue weighted by Crippen LogP contribution is -1.97. The third-order valence-corrected chi connectivity index (χ3v) is 2.67. The van der Waals surface area contributed by atoms with Crippen LogP contribution in [0.5, 0.6) is 11.5 Å². The number of aromatic nitrogens is 2. The first-order valence-electron chi connectivity index (χ1n) is 5.19. The second-order valence-corrected chi connectivity index (χ2v) is 4.34. The fraction of sp³-hybridized carbons (Fsp3) is 0.167. The van der Waals surface area contributed by atoms with E-state index in [9.17, 15) is 0 Å². The number of halogens is 1. The van der Waals surface area contributed by atoms with Gasteiger partial charge in [0.15, 0.2) is 11.5 Å². The minimum absolute atomic E-state index is 0.519. The Bertz CT molecular complexity index is 531. The van der Waals surface area contributed by atoms with Gasteiger partial charge in [-0.1, -0.05) is 0 Å². The van der Waals surface area contributed by atoms with E-state index in [1.54, 1.807) is 26.6 Å². The Morgan fingerprint density at radius 3 is 2.33 bits per heavy atom. The molecule has 2 rings (SSSR count). The number of benzene rings is 1. The molecule has 18 heavy (non-hydrogen) atoms. The van der Waals surface area contributed by atoms with Crippen molar-refractivity contribution in [2.45, 2.75) is 0 Å². The highest BCUT2D eigenvalue weighted by molar-refractivity contribution is 9.10.